The molecule has 9 aromatic carbocycles. The van der Waals surface area contributed by atoms with Crippen molar-refractivity contribution in [2.75, 3.05) is 0 Å². The molecule has 0 bridgehead atoms. The van der Waals surface area contributed by atoms with Crippen molar-refractivity contribution in [3.63, 3.8) is 0 Å². The summed E-state index contributed by atoms with van der Waals surface area (Å²) in [5.41, 5.74) is 11.4. The standard InChI is InChI=1S/C46H27N/c1-2-15-33-28(10-1)22-25-40-44(33)36-16-3-4-17-38(36)46-45(40)39-18-5-6-21-42(39)47(46)32-14-7-13-30(26-32)31-23-24-34-35-19-8-11-29-12-9-20-37(43(29)35)41(34)27-31/h1-27H. The maximum atomic E-state index is 2.50. The van der Waals surface area contributed by atoms with E-state index in [4.69, 9.17) is 0 Å². The Bertz CT molecular complexity index is 2950. The third kappa shape index (κ3) is 3.33. The van der Waals surface area contributed by atoms with Gasteiger partial charge in [0.15, 0.2) is 0 Å². The van der Waals surface area contributed by atoms with Gasteiger partial charge in [-0.3, -0.25) is 0 Å². The van der Waals surface area contributed by atoms with Crippen LogP contribution in [0.1, 0.15) is 0 Å². The average molecular weight is 594 g/mol. The van der Waals surface area contributed by atoms with Gasteiger partial charge >= 0.3 is 0 Å². The monoisotopic (exact) mass is 593 g/mol. The molecule has 0 atom stereocenters. The number of hydrogen-bond acceptors (Lipinski definition) is 0. The summed E-state index contributed by atoms with van der Waals surface area (Å²) < 4.78 is 2.50. The molecule has 1 nitrogen and oxygen atoms in total. The van der Waals surface area contributed by atoms with E-state index in [2.05, 4.69) is 168 Å². The fourth-order valence-electron chi connectivity index (χ4n) is 8.51. The third-order valence-electron chi connectivity index (χ3n) is 10.5. The Morgan fingerprint density at radius 1 is 0.319 bits per heavy atom. The van der Waals surface area contributed by atoms with E-state index >= 15 is 0 Å². The van der Waals surface area contributed by atoms with Gasteiger partial charge in [-0.05, 0) is 95.3 Å². The zero-order chi connectivity index (χ0) is 30.6. The van der Waals surface area contributed by atoms with Crippen molar-refractivity contribution in [3.8, 4) is 39.1 Å². The molecule has 1 heteroatoms. The lowest BCUT2D eigenvalue weighted by Gasteiger charge is -2.15. The van der Waals surface area contributed by atoms with Crippen LogP contribution in [0.4, 0.5) is 0 Å². The lowest BCUT2D eigenvalue weighted by atomic mass is 9.93. The summed E-state index contributed by atoms with van der Waals surface area (Å²) in [6.07, 6.45) is 0. The van der Waals surface area contributed by atoms with E-state index in [0.29, 0.717) is 0 Å². The largest absolute Gasteiger partial charge is 0.309 e. The summed E-state index contributed by atoms with van der Waals surface area (Å²) in [6.45, 7) is 0. The Labute approximate surface area is 271 Å². The summed E-state index contributed by atoms with van der Waals surface area (Å²) in [5.74, 6) is 0. The highest BCUT2D eigenvalue weighted by Crippen LogP contribution is 2.49. The van der Waals surface area contributed by atoms with Gasteiger partial charge in [0, 0.05) is 21.8 Å². The molecular weight excluding hydrogens is 567 g/mol. The normalized spacial score (nSPS) is 12.3. The number of fused-ring (bicyclic) bond motifs is 13. The first kappa shape index (κ1) is 25.1. The topological polar surface area (TPSA) is 4.93 Å². The first-order valence-corrected chi connectivity index (χ1v) is 16.4. The van der Waals surface area contributed by atoms with Crippen molar-refractivity contribution >= 4 is 64.9 Å². The number of para-hydroxylation sites is 1. The highest BCUT2D eigenvalue weighted by atomic mass is 15.0. The van der Waals surface area contributed by atoms with E-state index in [1.807, 2.05) is 0 Å². The van der Waals surface area contributed by atoms with Crippen molar-refractivity contribution < 1.29 is 0 Å². The molecular formula is C46H27N. The summed E-state index contributed by atoms with van der Waals surface area (Å²) in [6, 6.07) is 60.7. The first-order valence-electron chi connectivity index (χ1n) is 16.4. The molecule has 1 aliphatic carbocycles. The van der Waals surface area contributed by atoms with Crippen LogP contribution in [0.5, 0.6) is 0 Å². The van der Waals surface area contributed by atoms with E-state index in [1.54, 1.807) is 0 Å². The zero-order valence-electron chi connectivity index (χ0n) is 25.5. The highest BCUT2D eigenvalue weighted by Gasteiger charge is 2.23. The highest BCUT2D eigenvalue weighted by molar-refractivity contribution is 6.36. The number of hydrogen-bond donors (Lipinski definition) is 0. The van der Waals surface area contributed by atoms with Gasteiger partial charge in [0.2, 0.25) is 0 Å². The molecule has 0 saturated carbocycles. The smallest absolute Gasteiger partial charge is 0.0625 e. The van der Waals surface area contributed by atoms with E-state index in [-0.39, 0.29) is 0 Å². The molecule has 0 aliphatic heterocycles. The predicted molar refractivity (Wildman–Crippen MR) is 201 cm³/mol. The predicted octanol–water partition coefficient (Wildman–Crippen LogP) is 12.7. The molecule has 0 radical (unpaired) electrons. The maximum Gasteiger partial charge on any atom is 0.0625 e. The second-order valence-electron chi connectivity index (χ2n) is 12.9. The average Bonchev–Trinajstić information content (AvgIpc) is 3.66. The quantitative estimate of drug-likeness (QED) is 0.176. The number of aromatic nitrogens is 1. The Balaban J connectivity index is 1.20. The van der Waals surface area contributed by atoms with Crippen molar-refractivity contribution in [3.05, 3.63) is 164 Å². The van der Waals surface area contributed by atoms with Crippen LogP contribution in [-0.4, -0.2) is 4.57 Å². The van der Waals surface area contributed by atoms with Crippen molar-refractivity contribution in [2.45, 2.75) is 0 Å². The summed E-state index contributed by atoms with van der Waals surface area (Å²) >= 11 is 0. The van der Waals surface area contributed by atoms with Crippen molar-refractivity contribution in [2.24, 2.45) is 0 Å². The van der Waals surface area contributed by atoms with Gasteiger partial charge in [0.05, 0.1) is 11.0 Å². The molecule has 1 aliphatic rings. The van der Waals surface area contributed by atoms with Gasteiger partial charge in [-0.15, -0.1) is 0 Å². The minimum absolute atomic E-state index is 1.17. The molecule has 11 rings (SSSR count). The van der Waals surface area contributed by atoms with Gasteiger partial charge in [-0.25, -0.2) is 0 Å². The minimum atomic E-state index is 1.17. The molecule has 0 fully saturated rings. The maximum absolute atomic E-state index is 2.50. The molecule has 47 heavy (non-hydrogen) atoms. The number of benzene rings is 9. The van der Waals surface area contributed by atoms with E-state index in [1.165, 1.54) is 104 Å². The van der Waals surface area contributed by atoms with Crippen LogP contribution in [0.25, 0.3) is 104 Å². The van der Waals surface area contributed by atoms with Gasteiger partial charge in [0.1, 0.15) is 0 Å². The fraction of sp³-hybridized carbons (Fsp3) is 0. The Hall–Kier alpha value is -6.18. The molecule has 0 spiro atoms. The van der Waals surface area contributed by atoms with Crippen LogP contribution in [0, 0.1) is 0 Å². The van der Waals surface area contributed by atoms with Gasteiger partial charge in [0.25, 0.3) is 0 Å². The van der Waals surface area contributed by atoms with Gasteiger partial charge < -0.3 is 4.57 Å². The van der Waals surface area contributed by atoms with Gasteiger partial charge in [-0.1, -0.05) is 140 Å². The van der Waals surface area contributed by atoms with Crippen LogP contribution < -0.4 is 0 Å². The second kappa shape index (κ2) is 9.19. The second-order valence-corrected chi connectivity index (χ2v) is 12.9. The molecule has 0 amide bonds. The SMILES string of the molecule is c1cc(-c2ccc3c(c2)-c2cccc4cccc-3c24)cc(-n2c3ccccc3c3c4ccc5ccccc5c4c4ccccc4c32)c1. The number of nitrogens with zero attached hydrogens (tertiary/aromatic N) is 1. The van der Waals surface area contributed by atoms with Crippen LogP contribution >= 0.6 is 0 Å². The van der Waals surface area contributed by atoms with Crippen LogP contribution in [0.2, 0.25) is 0 Å². The lowest BCUT2D eigenvalue weighted by Crippen LogP contribution is -1.95. The first-order chi connectivity index (χ1) is 23.3. The summed E-state index contributed by atoms with van der Waals surface area (Å²) in [4.78, 5) is 0. The fourth-order valence-corrected chi connectivity index (χ4v) is 8.51. The molecule has 0 unspecified atom stereocenters. The molecule has 1 heterocycles. The van der Waals surface area contributed by atoms with E-state index in [0.717, 1.165) is 0 Å². The van der Waals surface area contributed by atoms with Crippen LogP contribution in [0.3, 0.4) is 0 Å². The van der Waals surface area contributed by atoms with Crippen LogP contribution in [0.15, 0.2) is 164 Å². The van der Waals surface area contributed by atoms with Gasteiger partial charge in [-0.2, -0.15) is 0 Å². The molecule has 0 saturated heterocycles. The lowest BCUT2D eigenvalue weighted by molar-refractivity contribution is 1.19. The molecule has 0 N–H and O–H groups in total. The Morgan fingerprint density at radius 3 is 1.87 bits per heavy atom. The van der Waals surface area contributed by atoms with E-state index in [9.17, 15) is 0 Å². The molecule has 1 aromatic heterocycles. The Kier molecular flexibility index (Phi) is 4.90. The third-order valence-corrected chi connectivity index (χ3v) is 10.5. The van der Waals surface area contributed by atoms with Crippen molar-refractivity contribution in [1.82, 2.24) is 4.57 Å². The summed E-state index contributed by atoms with van der Waals surface area (Å²) in [7, 11) is 0. The van der Waals surface area contributed by atoms with Crippen LogP contribution in [-0.2, 0) is 0 Å². The number of rotatable bonds is 2. The minimum Gasteiger partial charge on any atom is -0.309 e. The Morgan fingerprint density at radius 2 is 1.00 bits per heavy atom. The molecule has 216 valence electrons. The molecule has 10 aromatic rings. The van der Waals surface area contributed by atoms with Crippen molar-refractivity contribution in [1.29, 1.82) is 0 Å². The van der Waals surface area contributed by atoms with E-state index < -0.39 is 0 Å². The summed E-state index contributed by atoms with van der Waals surface area (Å²) in [5, 5.41) is 13.0. The zero-order valence-corrected chi connectivity index (χ0v) is 25.5.